The van der Waals surface area contributed by atoms with E-state index in [0.29, 0.717) is 11.3 Å². The van der Waals surface area contributed by atoms with Crippen LogP contribution >= 0.6 is 0 Å². The van der Waals surface area contributed by atoms with E-state index < -0.39 is 18.6 Å². The predicted octanol–water partition coefficient (Wildman–Crippen LogP) is 1.62. The highest BCUT2D eigenvalue weighted by atomic mass is 16.5. The number of likely N-dealkylation sites (tertiary alicyclic amines) is 1. The highest BCUT2D eigenvalue weighted by molar-refractivity contribution is 6.09. The Morgan fingerprint density at radius 1 is 1.07 bits per heavy atom. The Bertz CT molecular complexity index is 843. The lowest BCUT2D eigenvalue weighted by molar-refractivity contribution is -0.157. The summed E-state index contributed by atoms with van der Waals surface area (Å²) >= 11 is 0. The summed E-state index contributed by atoms with van der Waals surface area (Å²) in [6.45, 7) is 1.01. The van der Waals surface area contributed by atoms with E-state index in [4.69, 9.17) is 9.47 Å². The van der Waals surface area contributed by atoms with Crippen LogP contribution in [-0.4, -0.2) is 48.2 Å². The molecule has 1 aromatic carbocycles. The van der Waals surface area contributed by atoms with Crippen LogP contribution < -0.4 is 4.74 Å². The number of hydrogen-bond donors (Lipinski definition) is 0. The van der Waals surface area contributed by atoms with Gasteiger partial charge in [-0.3, -0.25) is 19.3 Å². The number of rotatable bonds is 6. The molecule has 0 radical (unpaired) electrons. The molecule has 0 aromatic heterocycles. The van der Waals surface area contributed by atoms with Crippen molar-refractivity contribution in [2.45, 2.75) is 19.4 Å². The van der Waals surface area contributed by atoms with Crippen LogP contribution in [0.2, 0.25) is 0 Å². The number of fused-ring (bicyclic) bond motifs is 5. The van der Waals surface area contributed by atoms with Gasteiger partial charge in [-0.25, -0.2) is 4.79 Å². The minimum atomic E-state index is -1.05. The van der Waals surface area contributed by atoms with Gasteiger partial charge in [0, 0.05) is 5.56 Å². The van der Waals surface area contributed by atoms with E-state index in [2.05, 4.69) is 0 Å². The fraction of sp³-hybridized carbons (Fsp3) is 0.429. The Labute approximate surface area is 162 Å². The molecule has 1 saturated heterocycles. The molecule has 5 atom stereocenters. The molecule has 2 amide bonds. The Balaban J connectivity index is 1.38. The summed E-state index contributed by atoms with van der Waals surface area (Å²) in [4.78, 5) is 51.1. The van der Waals surface area contributed by atoms with Crippen molar-refractivity contribution in [3.63, 3.8) is 0 Å². The molecule has 3 aliphatic rings. The highest BCUT2D eigenvalue weighted by Crippen LogP contribution is 2.52. The molecule has 1 aromatic rings. The average Bonchev–Trinajstić information content (AvgIpc) is 3.39. The van der Waals surface area contributed by atoms with Gasteiger partial charge < -0.3 is 9.47 Å². The van der Waals surface area contributed by atoms with Gasteiger partial charge in [0.25, 0.3) is 0 Å². The van der Waals surface area contributed by atoms with Crippen molar-refractivity contribution in [1.29, 1.82) is 0 Å². The van der Waals surface area contributed by atoms with Crippen LogP contribution in [0.15, 0.2) is 36.4 Å². The molecule has 1 aliphatic heterocycles. The van der Waals surface area contributed by atoms with E-state index in [1.165, 1.54) is 14.0 Å². The van der Waals surface area contributed by atoms with Crippen molar-refractivity contribution in [3.05, 3.63) is 42.0 Å². The van der Waals surface area contributed by atoms with Crippen LogP contribution in [0, 0.1) is 23.7 Å². The maximum absolute atomic E-state index is 12.7. The van der Waals surface area contributed by atoms with E-state index >= 15 is 0 Å². The quantitative estimate of drug-likeness (QED) is 0.321. The van der Waals surface area contributed by atoms with Gasteiger partial charge in [0.1, 0.15) is 11.8 Å². The maximum Gasteiger partial charge on any atom is 0.329 e. The molecule has 7 heteroatoms. The van der Waals surface area contributed by atoms with Crippen LogP contribution in [0.1, 0.15) is 23.7 Å². The first kappa shape index (κ1) is 18.4. The summed E-state index contributed by atoms with van der Waals surface area (Å²) < 4.78 is 10.1. The number of benzene rings is 1. The van der Waals surface area contributed by atoms with Crippen LogP contribution in [0.5, 0.6) is 5.75 Å². The molecule has 2 aliphatic carbocycles. The zero-order valence-corrected chi connectivity index (χ0v) is 15.7. The third-order valence-electron chi connectivity index (χ3n) is 5.99. The topological polar surface area (TPSA) is 90.0 Å². The molecule has 1 saturated carbocycles. The number of methoxy groups -OCH3 is 1. The minimum absolute atomic E-state index is 0.0799. The van der Waals surface area contributed by atoms with Crippen LogP contribution in [0.25, 0.3) is 0 Å². The number of nitrogens with zero attached hydrogens (tertiary/aromatic N) is 1. The number of ketones is 1. The fourth-order valence-electron chi connectivity index (χ4n) is 4.53. The number of ether oxygens (including phenoxy) is 2. The molecule has 4 rings (SSSR count). The summed E-state index contributed by atoms with van der Waals surface area (Å²) in [5.41, 5.74) is 0.381. The number of allylic oxidation sites excluding steroid dienone is 2. The standard InChI is InChI=1S/C21H21NO6/c1-11(21(26)28-10-16(23)12-5-7-15(27-2)8-6-12)22-19(24)17-13-3-4-14(9-13)18(17)20(22)25/h3-8,11,13-14,17-18H,9-10H2,1-2H3. The summed E-state index contributed by atoms with van der Waals surface area (Å²) in [6.07, 6.45) is 4.82. The zero-order chi connectivity index (χ0) is 20.0. The van der Waals surface area contributed by atoms with E-state index in [0.717, 1.165) is 11.3 Å². The van der Waals surface area contributed by atoms with E-state index in [9.17, 15) is 19.2 Å². The van der Waals surface area contributed by atoms with Crippen molar-refractivity contribution >= 4 is 23.6 Å². The van der Waals surface area contributed by atoms with E-state index in [1.807, 2.05) is 12.2 Å². The van der Waals surface area contributed by atoms with Crippen LogP contribution in [0.3, 0.4) is 0 Å². The van der Waals surface area contributed by atoms with Crippen molar-refractivity contribution in [2.24, 2.45) is 23.7 Å². The number of imide groups is 1. The lowest BCUT2D eigenvalue weighted by Gasteiger charge is -2.23. The molecule has 5 unspecified atom stereocenters. The lowest BCUT2D eigenvalue weighted by atomic mass is 9.85. The van der Waals surface area contributed by atoms with Crippen molar-refractivity contribution in [1.82, 2.24) is 4.90 Å². The van der Waals surface area contributed by atoms with Crippen molar-refractivity contribution < 1.29 is 28.7 Å². The van der Waals surface area contributed by atoms with Gasteiger partial charge >= 0.3 is 5.97 Å². The second-order valence-electron chi connectivity index (χ2n) is 7.48. The third-order valence-corrected chi connectivity index (χ3v) is 5.99. The van der Waals surface area contributed by atoms with Crippen LogP contribution in [0.4, 0.5) is 0 Å². The molecule has 2 bridgehead atoms. The number of carbonyl (C=O) groups excluding carboxylic acids is 4. The molecule has 2 fully saturated rings. The fourth-order valence-corrected chi connectivity index (χ4v) is 4.53. The monoisotopic (exact) mass is 383 g/mol. The number of Topliss-reactive ketones (excluding diaryl/α,β-unsaturated/α-hetero) is 1. The molecule has 146 valence electrons. The largest absolute Gasteiger partial charge is 0.497 e. The Morgan fingerprint density at radius 2 is 1.64 bits per heavy atom. The second-order valence-corrected chi connectivity index (χ2v) is 7.48. The Morgan fingerprint density at radius 3 is 2.18 bits per heavy atom. The summed E-state index contributed by atoms with van der Waals surface area (Å²) in [7, 11) is 1.52. The molecule has 1 heterocycles. The second kappa shape index (κ2) is 6.89. The number of esters is 1. The van der Waals surface area contributed by atoms with Gasteiger partial charge in [0.05, 0.1) is 18.9 Å². The molecule has 0 N–H and O–H groups in total. The van der Waals surface area contributed by atoms with Crippen molar-refractivity contribution in [3.8, 4) is 5.75 Å². The minimum Gasteiger partial charge on any atom is -0.497 e. The SMILES string of the molecule is COc1ccc(C(=O)COC(=O)C(C)N2C(=O)C3C4C=CC(C4)C3C2=O)cc1. The predicted molar refractivity (Wildman–Crippen MR) is 97.3 cm³/mol. The molecular weight excluding hydrogens is 362 g/mol. The molecular formula is C21H21NO6. The first-order valence-electron chi connectivity index (χ1n) is 9.31. The Hall–Kier alpha value is -2.96. The highest BCUT2D eigenvalue weighted by Gasteiger charge is 2.60. The van der Waals surface area contributed by atoms with Gasteiger partial charge in [-0.15, -0.1) is 0 Å². The van der Waals surface area contributed by atoms with E-state index in [1.54, 1.807) is 24.3 Å². The average molecular weight is 383 g/mol. The van der Waals surface area contributed by atoms with E-state index in [-0.39, 0.29) is 41.3 Å². The smallest absolute Gasteiger partial charge is 0.329 e. The summed E-state index contributed by atoms with van der Waals surface area (Å²) in [5, 5.41) is 0. The van der Waals surface area contributed by atoms with Crippen LogP contribution in [-0.2, 0) is 19.1 Å². The van der Waals surface area contributed by atoms with Gasteiger partial charge in [-0.05, 0) is 49.4 Å². The van der Waals surface area contributed by atoms with Gasteiger partial charge in [0.15, 0.2) is 12.4 Å². The van der Waals surface area contributed by atoms with Gasteiger partial charge in [-0.1, -0.05) is 12.2 Å². The summed E-state index contributed by atoms with van der Waals surface area (Å²) in [5.74, 6) is -1.70. The van der Waals surface area contributed by atoms with Gasteiger partial charge in [-0.2, -0.15) is 0 Å². The third kappa shape index (κ3) is 2.82. The van der Waals surface area contributed by atoms with Gasteiger partial charge in [0.2, 0.25) is 11.8 Å². The molecule has 0 spiro atoms. The summed E-state index contributed by atoms with van der Waals surface area (Å²) in [6, 6.07) is 5.39. The Kier molecular flexibility index (Phi) is 4.53. The maximum atomic E-state index is 12.7. The number of carbonyl (C=O) groups is 4. The first-order chi connectivity index (χ1) is 13.4. The molecule has 28 heavy (non-hydrogen) atoms. The number of amides is 2. The zero-order valence-electron chi connectivity index (χ0n) is 15.7. The number of hydrogen-bond acceptors (Lipinski definition) is 6. The first-order valence-corrected chi connectivity index (χ1v) is 9.31. The lowest BCUT2D eigenvalue weighted by Crippen LogP contribution is -2.45. The normalized spacial score (nSPS) is 28.4. The molecule has 7 nitrogen and oxygen atoms in total. The van der Waals surface area contributed by atoms with Crippen molar-refractivity contribution in [2.75, 3.05) is 13.7 Å².